The number of hydrogen-bond acceptors (Lipinski definition) is 4. The minimum Gasteiger partial charge on any atom is -0.497 e. The van der Waals surface area contributed by atoms with E-state index in [1.165, 1.54) is 5.01 Å². The van der Waals surface area contributed by atoms with Crippen molar-refractivity contribution in [2.45, 2.75) is 19.8 Å². The van der Waals surface area contributed by atoms with Gasteiger partial charge in [-0.25, -0.2) is 5.01 Å². The molecule has 0 saturated carbocycles. The highest BCUT2D eigenvalue weighted by atomic mass is 35.5. The van der Waals surface area contributed by atoms with Crippen LogP contribution in [0.25, 0.3) is 10.9 Å². The van der Waals surface area contributed by atoms with Crippen molar-refractivity contribution in [3.05, 3.63) is 92.6 Å². The van der Waals surface area contributed by atoms with Crippen LogP contribution in [-0.2, 0) is 11.2 Å². The fraction of sp³-hybridized carbons (Fsp3) is 0.148. The van der Waals surface area contributed by atoms with Gasteiger partial charge in [0.1, 0.15) is 5.75 Å². The smallest absolute Gasteiger partial charge is 0.262 e. The Kier molecular flexibility index (Phi) is 6.51. The first kappa shape index (κ1) is 24.4. The Balaban J connectivity index is 1.58. The Bertz CT molecular complexity index is 1540. The molecule has 0 fully saturated rings. The number of halogens is 3. The summed E-state index contributed by atoms with van der Waals surface area (Å²) in [6.45, 7) is 1.89. The number of fused-ring (bicyclic) bond motifs is 1. The summed E-state index contributed by atoms with van der Waals surface area (Å²) in [6, 6.07) is 17.2. The van der Waals surface area contributed by atoms with E-state index in [1.807, 2.05) is 25.1 Å². The largest absolute Gasteiger partial charge is 0.497 e. The van der Waals surface area contributed by atoms with E-state index in [9.17, 15) is 9.59 Å². The van der Waals surface area contributed by atoms with E-state index in [1.54, 1.807) is 54.1 Å². The molecule has 0 unspecified atom stereocenters. The first-order valence-electron chi connectivity index (χ1n) is 11.1. The van der Waals surface area contributed by atoms with E-state index in [-0.39, 0.29) is 18.2 Å². The zero-order valence-electron chi connectivity index (χ0n) is 19.4. The van der Waals surface area contributed by atoms with E-state index < -0.39 is 0 Å². The number of methoxy groups -OCH3 is 1. The summed E-state index contributed by atoms with van der Waals surface area (Å²) in [7, 11) is 1.59. The van der Waals surface area contributed by atoms with Crippen LogP contribution in [0, 0.1) is 6.92 Å². The summed E-state index contributed by atoms with van der Waals surface area (Å²) in [4.78, 5) is 26.3. The molecule has 0 atom stereocenters. The lowest BCUT2D eigenvalue weighted by Crippen LogP contribution is -2.19. The maximum atomic E-state index is 13.5. The van der Waals surface area contributed by atoms with E-state index in [4.69, 9.17) is 39.5 Å². The van der Waals surface area contributed by atoms with Crippen molar-refractivity contribution in [2.75, 3.05) is 12.1 Å². The van der Waals surface area contributed by atoms with Crippen molar-refractivity contribution in [1.82, 2.24) is 4.57 Å². The van der Waals surface area contributed by atoms with Crippen LogP contribution in [0.3, 0.4) is 0 Å². The zero-order chi connectivity index (χ0) is 25.6. The van der Waals surface area contributed by atoms with Gasteiger partial charge in [-0.3, -0.25) is 14.2 Å². The van der Waals surface area contributed by atoms with Crippen molar-refractivity contribution in [1.29, 1.82) is 0 Å². The molecule has 0 bridgehead atoms. The van der Waals surface area contributed by atoms with Gasteiger partial charge in [0.25, 0.3) is 11.8 Å². The molecule has 3 aromatic carbocycles. The predicted octanol–water partition coefficient (Wildman–Crippen LogP) is 6.94. The molecule has 6 nitrogen and oxygen atoms in total. The number of aromatic nitrogens is 1. The SMILES string of the molecule is COc1ccc2c(c1)c(CC1=NN(c3cc(Cl)cc(Cl)c3)C(=O)C1)c(C)n2C(=O)c1ccc(Cl)cc1. The molecule has 182 valence electrons. The van der Waals surface area contributed by atoms with E-state index >= 15 is 0 Å². The number of nitrogens with zero attached hydrogens (tertiary/aromatic N) is 3. The third kappa shape index (κ3) is 4.48. The molecule has 0 N–H and O–H groups in total. The zero-order valence-corrected chi connectivity index (χ0v) is 21.7. The number of amides is 1. The summed E-state index contributed by atoms with van der Waals surface area (Å²) in [5.41, 5.74) is 4.08. The third-order valence-electron chi connectivity index (χ3n) is 6.14. The number of rotatable bonds is 5. The van der Waals surface area contributed by atoms with Crippen molar-refractivity contribution >= 4 is 68.9 Å². The first-order valence-corrected chi connectivity index (χ1v) is 12.2. The van der Waals surface area contributed by atoms with Crippen LogP contribution < -0.4 is 9.75 Å². The summed E-state index contributed by atoms with van der Waals surface area (Å²) in [6.07, 6.45) is 0.526. The number of benzene rings is 3. The molecule has 0 saturated heterocycles. The Labute approximate surface area is 222 Å². The topological polar surface area (TPSA) is 63.9 Å². The highest BCUT2D eigenvalue weighted by Gasteiger charge is 2.28. The number of carbonyl (C=O) groups excluding carboxylic acids is 2. The normalized spacial score (nSPS) is 13.4. The quantitative estimate of drug-likeness (QED) is 0.275. The Morgan fingerprint density at radius 3 is 2.33 bits per heavy atom. The molecule has 2 heterocycles. The predicted molar refractivity (Wildman–Crippen MR) is 144 cm³/mol. The molecule has 1 aliphatic rings. The average molecular weight is 541 g/mol. The monoisotopic (exact) mass is 539 g/mol. The molecule has 36 heavy (non-hydrogen) atoms. The van der Waals surface area contributed by atoms with Crippen LogP contribution in [0.1, 0.15) is 28.0 Å². The minimum atomic E-state index is -0.181. The lowest BCUT2D eigenvalue weighted by molar-refractivity contribution is -0.116. The van der Waals surface area contributed by atoms with Gasteiger partial charge in [0, 0.05) is 38.1 Å². The molecule has 9 heteroatoms. The van der Waals surface area contributed by atoms with Gasteiger partial charge >= 0.3 is 0 Å². The van der Waals surface area contributed by atoms with Crippen LogP contribution in [0.4, 0.5) is 5.69 Å². The maximum absolute atomic E-state index is 13.5. The van der Waals surface area contributed by atoms with Crippen LogP contribution in [-0.4, -0.2) is 29.2 Å². The van der Waals surface area contributed by atoms with Gasteiger partial charge in [-0.1, -0.05) is 34.8 Å². The van der Waals surface area contributed by atoms with E-state index in [2.05, 4.69) is 5.10 Å². The maximum Gasteiger partial charge on any atom is 0.262 e. The van der Waals surface area contributed by atoms with Gasteiger partial charge in [0.15, 0.2) is 0 Å². The summed E-state index contributed by atoms with van der Waals surface area (Å²) in [5, 5.41) is 8.14. The van der Waals surface area contributed by atoms with Crippen LogP contribution in [0.2, 0.25) is 15.1 Å². The molecule has 5 rings (SSSR count). The molecule has 0 aliphatic carbocycles. The van der Waals surface area contributed by atoms with E-state index in [0.717, 1.165) is 22.2 Å². The first-order chi connectivity index (χ1) is 17.2. The number of carbonyl (C=O) groups is 2. The van der Waals surface area contributed by atoms with Gasteiger partial charge < -0.3 is 4.74 Å². The molecule has 1 aliphatic heterocycles. The Hall–Kier alpha value is -3.32. The lowest BCUT2D eigenvalue weighted by Gasteiger charge is -2.12. The Morgan fingerprint density at radius 1 is 0.972 bits per heavy atom. The number of hydrazone groups is 1. The van der Waals surface area contributed by atoms with Gasteiger partial charge in [-0.05, 0) is 73.2 Å². The van der Waals surface area contributed by atoms with Crippen LogP contribution >= 0.6 is 34.8 Å². The lowest BCUT2D eigenvalue weighted by atomic mass is 10.0. The second-order valence-electron chi connectivity index (χ2n) is 8.45. The van der Waals surface area contributed by atoms with Crippen molar-refractivity contribution < 1.29 is 14.3 Å². The van der Waals surface area contributed by atoms with Gasteiger partial charge in [0.2, 0.25) is 0 Å². The molecular formula is C27H20Cl3N3O3. The molecule has 4 aromatic rings. The number of anilines is 1. The van der Waals surface area contributed by atoms with Crippen molar-refractivity contribution in [3.63, 3.8) is 0 Å². The molecule has 1 aromatic heterocycles. The molecular weight excluding hydrogens is 521 g/mol. The molecule has 0 spiro atoms. The second kappa shape index (κ2) is 9.62. The second-order valence-corrected chi connectivity index (χ2v) is 9.76. The highest BCUT2D eigenvalue weighted by Crippen LogP contribution is 2.33. The number of hydrogen-bond donors (Lipinski definition) is 0. The molecule has 1 amide bonds. The van der Waals surface area contributed by atoms with Crippen molar-refractivity contribution in [2.24, 2.45) is 5.10 Å². The van der Waals surface area contributed by atoms with E-state index in [0.29, 0.717) is 44.2 Å². The molecule has 0 radical (unpaired) electrons. The minimum absolute atomic E-state index is 0.144. The summed E-state index contributed by atoms with van der Waals surface area (Å²) < 4.78 is 7.12. The van der Waals surface area contributed by atoms with Crippen molar-refractivity contribution in [3.8, 4) is 5.75 Å². The Morgan fingerprint density at radius 2 is 1.67 bits per heavy atom. The van der Waals surface area contributed by atoms with Gasteiger partial charge in [-0.2, -0.15) is 5.10 Å². The fourth-order valence-electron chi connectivity index (χ4n) is 4.44. The average Bonchev–Trinajstić information content (AvgIpc) is 3.35. The third-order valence-corrected chi connectivity index (χ3v) is 6.83. The fourth-order valence-corrected chi connectivity index (χ4v) is 5.08. The standard InChI is InChI=1S/C27H20Cl3N3O3/c1-15-23(12-20-13-26(34)33(31-20)21-10-18(29)9-19(30)11-21)24-14-22(36-2)7-8-25(24)32(15)27(35)16-3-5-17(28)6-4-16/h3-11,14H,12-13H2,1-2H3. The summed E-state index contributed by atoms with van der Waals surface area (Å²) in [5.74, 6) is 0.309. The number of ether oxygens (including phenoxy) is 1. The van der Waals surface area contributed by atoms with Gasteiger partial charge in [-0.15, -0.1) is 0 Å². The highest BCUT2D eigenvalue weighted by molar-refractivity contribution is 6.35. The summed E-state index contributed by atoms with van der Waals surface area (Å²) >= 11 is 18.3. The van der Waals surface area contributed by atoms with Gasteiger partial charge in [0.05, 0.1) is 30.4 Å². The van der Waals surface area contributed by atoms with Crippen LogP contribution in [0.15, 0.2) is 65.8 Å². The van der Waals surface area contributed by atoms with Crippen LogP contribution in [0.5, 0.6) is 5.75 Å².